The summed E-state index contributed by atoms with van der Waals surface area (Å²) < 4.78 is 6.64. The van der Waals surface area contributed by atoms with Crippen LogP contribution >= 0.6 is 11.6 Å². The number of fused-ring (bicyclic) bond motifs is 4. The van der Waals surface area contributed by atoms with Crippen LogP contribution in [-0.2, 0) is 10.3 Å². The highest BCUT2D eigenvalue weighted by Gasteiger charge is 2.69. The molecular weight excluding hydrogens is 420 g/mol. The molecule has 5 unspecified atom stereocenters. The lowest BCUT2D eigenvalue weighted by molar-refractivity contribution is -0.104. The summed E-state index contributed by atoms with van der Waals surface area (Å²) in [6.45, 7) is 5.34. The molecule has 3 bridgehead atoms. The van der Waals surface area contributed by atoms with E-state index in [1.807, 2.05) is 23.1 Å². The molecule has 1 aromatic carbocycles. The summed E-state index contributed by atoms with van der Waals surface area (Å²) in [4.78, 5) is 15.4. The van der Waals surface area contributed by atoms with Crippen molar-refractivity contribution in [1.29, 1.82) is 0 Å². The van der Waals surface area contributed by atoms with Crippen LogP contribution in [-0.4, -0.2) is 30.1 Å². The van der Waals surface area contributed by atoms with Gasteiger partial charge in [0.05, 0.1) is 11.7 Å². The molecule has 1 N–H and O–H groups in total. The number of carbonyl (C=O) groups excluding carboxylic acids is 1. The second-order valence-corrected chi connectivity index (χ2v) is 12.0. The first-order valence-electron chi connectivity index (χ1n) is 12.7. The average Bonchev–Trinajstić information content (AvgIpc) is 3.31. The van der Waals surface area contributed by atoms with Crippen molar-refractivity contribution < 1.29 is 9.53 Å². The Morgan fingerprint density at radius 1 is 1.19 bits per heavy atom. The summed E-state index contributed by atoms with van der Waals surface area (Å²) in [6, 6.07) is 6.66. The van der Waals surface area contributed by atoms with Gasteiger partial charge in [0.2, 0.25) is 0 Å². The van der Waals surface area contributed by atoms with Gasteiger partial charge in [-0.05, 0) is 92.1 Å². The number of amides is 2. The van der Waals surface area contributed by atoms with Crippen molar-refractivity contribution in [2.75, 3.05) is 13.1 Å². The Morgan fingerprint density at radius 2 is 1.91 bits per heavy atom. The van der Waals surface area contributed by atoms with E-state index in [9.17, 15) is 4.79 Å². The molecule has 4 saturated carbocycles. The normalized spacial score (nSPS) is 42.0. The minimum Gasteiger partial charge on any atom is -0.362 e. The first-order chi connectivity index (χ1) is 15.5. The van der Waals surface area contributed by atoms with Gasteiger partial charge in [-0.25, -0.2) is 4.79 Å². The molecule has 32 heavy (non-hydrogen) atoms. The lowest BCUT2D eigenvalue weighted by Gasteiger charge is -2.49. The van der Waals surface area contributed by atoms with E-state index in [0.29, 0.717) is 24.5 Å². The Hall–Kier alpha value is -1.52. The fourth-order valence-corrected chi connectivity index (χ4v) is 9.48. The largest absolute Gasteiger partial charge is 0.362 e. The van der Waals surface area contributed by atoms with Gasteiger partial charge >= 0.3 is 6.03 Å². The van der Waals surface area contributed by atoms with E-state index in [1.54, 1.807) is 0 Å². The zero-order valence-electron chi connectivity index (χ0n) is 18.7. The summed E-state index contributed by atoms with van der Waals surface area (Å²) in [7, 11) is 0. The maximum atomic E-state index is 13.3. The van der Waals surface area contributed by atoms with Gasteiger partial charge < -0.3 is 15.0 Å². The number of carbonyl (C=O) groups is 1. The van der Waals surface area contributed by atoms with E-state index in [4.69, 9.17) is 16.3 Å². The third-order valence-electron chi connectivity index (χ3n) is 10.4. The fourth-order valence-electron chi connectivity index (χ4n) is 9.12. The SMILES string of the molecule is C=CCC1OC2(CCN(C(=O)NC3C4CC5CC6CC3CC56C4)CC2)c2c(Cl)cccc21. The van der Waals surface area contributed by atoms with Crippen molar-refractivity contribution in [3.63, 3.8) is 0 Å². The molecule has 4 aliphatic carbocycles. The van der Waals surface area contributed by atoms with Gasteiger partial charge in [0, 0.05) is 29.7 Å². The standard InChI is InChI=1S/C27H33ClN2O2/c1-2-4-22-20-5-3-6-21(28)23(20)27(32-22)7-9-30(10-8-27)25(31)29-24-16-11-18-13-19-12-17(24)15-26(18,19)14-16/h2-3,5-6,16-19,22,24H,1,4,7-15H2,(H,29,31). The zero-order valence-corrected chi connectivity index (χ0v) is 19.4. The fraction of sp³-hybridized carbons (Fsp3) is 0.667. The van der Waals surface area contributed by atoms with E-state index in [-0.39, 0.29) is 17.7 Å². The van der Waals surface area contributed by atoms with Gasteiger partial charge in [0.15, 0.2) is 0 Å². The molecule has 4 nitrogen and oxygen atoms in total. The molecule has 2 spiro atoms. The van der Waals surface area contributed by atoms with Gasteiger partial charge in [-0.1, -0.05) is 29.8 Å². The maximum Gasteiger partial charge on any atom is 0.317 e. The number of benzene rings is 1. The van der Waals surface area contributed by atoms with E-state index in [2.05, 4.69) is 18.0 Å². The number of likely N-dealkylation sites (tertiary alicyclic amines) is 1. The van der Waals surface area contributed by atoms with Crippen molar-refractivity contribution in [3.8, 4) is 0 Å². The highest BCUT2D eigenvalue weighted by molar-refractivity contribution is 6.31. The van der Waals surface area contributed by atoms with Crippen molar-refractivity contribution in [2.45, 2.75) is 69.1 Å². The highest BCUT2D eigenvalue weighted by atomic mass is 35.5. The predicted octanol–water partition coefficient (Wildman–Crippen LogP) is 5.81. The highest BCUT2D eigenvalue weighted by Crippen LogP contribution is 2.75. The van der Waals surface area contributed by atoms with Crippen LogP contribution < -0.4 is 5.32 Å². The molecule has 5 atom stereocenters. The zero-order chi connectivity index (χ0) is 21.7. The molecule has 0 radical (unpaired) electrons. The molecule has 6 aliphatic rings. The Kier molecular flexibility index (Phi) is 4.20. The molecule has 0 aromatic heterocycles. The second-order valence-electron chi connectivity index (χ2n) is 11.6. The first-order valence-corrected chi connectivity index (χ1v) is 13.0. The Labute approximate surface area is 195 Å². The topological polar surface area (TPSA) is 41.6 Å². The van der Waals surface area contributed by atoms with Crippen LogP contribution in [0.25, 0.3) is 0 Å². The van der Waals surface area contributed by atoms with Crippen LogP contribution in [0.1, 0.15) is 68.6 Å². The summed E-state index contributed by atoms with van der Waals surface area (Å²) in [5.41, 5.74) is 2.67. The molecule has 7 rings (SSSR count). The molecule has 2 amide bonds. The van der Waals surface area contributed by atoms with Crippen molar-refractivity contribution >= 4 is 17.6 Å². The third-order valence-corrected chi connectivity index (χ3v) is 10.7. The number of piperidine rings is 1. The number of nitrogens with one attached hydrogen (secondary N) is 1. The number of hydrogen-bond donors (Lipinski definition) is 1. The van der Waals surface area contributed by atoms with Gasteiger partial charge in [-0.2, -0.15) is 0 Å². The molecule has 5 fully saturated rings. The molecule has 1 saturated heterocycles. The number of nitrogens with zero attached hydrogens (tertiary/aromatic N) is 1. The summed E-state index contributed by atoms with van der Waals surface area (Å²) in [6.07, 6.45) is 11.3. The van der Waals surface area contributed by atoms with Gasteiger partial charge in [0.1, 0.15) is 0 Å². The average molecular weight is 453 g/mol. The Bertz CT molecular complexity index is 960. The van der Waals surface area contributed by atoms with Gasteiger partial charge in [-0.3, -0.25) is 0 Å². The van der Waals surface area contributed by atoms with Crippen LogP contribution in [0.5, 0.6) is 0 Å². The minimum absolute atomic E-state index is 0.0141. The van der Waals surface area contributed by atoms with E-state index in [0.717, 1.165) is 53.5 Å². The first kappa shape index (κ1) is 19.9. The number of rotatable bonds is 3. The van der Waals surface area contributed by atoms with Gasteiger partial charge in [-0.15, -0.1) is 6.58 Å². The lowest BCUT2D eigenvalue weighted by atomic mass is 9.56. The quantitative estimate of drug-likeness (QED) is 0.587. The summed E-state index contributed by atoms with van der Waals surface area (Å²) in [5.74, 6) is 3.36. The summed E-state index contributed by atoms with van der Waals surface area (Å²) in [5, 5.41) is 4.32. The molecule has 170 valence electrons. The van der Waals surface area contributed by atoms with Crippen LogP contribution in [0.4, 0.5) is 4.79 Å². The monoisotopic (exact) mass is 452 g/mol. The number of urea groups is 1. The Morgan fingerprint density at radius 3 is 2.59 bits per heavy atom. The third kappa shape index (κ3) is 2.51. The van der Waals surface area contributed by atoms with Crippen LogP contribution in [0.2, 0.25) is 5.02 Å². The molecular formula is C27H33ClN2O2. The smallest absolute Gasteiger partial charge is 0.317 e. The Balaban J connectivity index is 1.05. The summed E-state index contributed by atoms with van der Waals surface area (Å²) >= 11 is 6.67. The molecule has 1 aromatic rings. The number of ether oxygens (including phenoxy) is 1. The van der Waals surface area contributed by atoms with E-state index in [1.165, 1.54) is 37.7 Å². The van der Waals surface area contributed by atoms with Crippen LogP contribution in [0, 0.1) is 29.1 Å². The molecule has 2 aliphatic heterocycles. The second kappa shape index (κ2) is 6.76. The van der Waals surface area contributed by atoms with Crippen LogP contribution in [0.15, 0.2) is 30.9 Å². The minimum atomic E-state index is -0.374. The maximum absolute atomic E-state index is 13.3. The molecule has 2 heterocycles. The van der Waals surface area contributed by atoms with Gasteiger partial charge in [0.25, 0.3) is 0 Å². The number of hydrogen-bond acceptors (Lipinski definition) is 2. The van der Waals surface area contributed by atoms with Crippen molar-refractivity contribution in [1.82, 2.24) is 10.2 Å². The number of halogens is 1. The predicted molar refractivity (Wildman–Crippen MR) is 124 cm³/mol. The lowest BCUT2D eigenvalue weighted by Crippen LogP contribution is -2.54. The van der Waals surface area contributed by atoms with E-state index < -0.39 is 0 Å². The van der Waals surface area contributed by atoms with Crippen LogP contribution in [0.3, 0.4) is 0 Å². The van der Waals surface area contributed by atoms with Crippen molar-refractivity contribution in [3.05, 3.63) is 47.0 Å². The van der Waals surface area contributed by atoms with Crippen molar-refractivity contribution in [2.24, 2.45) is 29.1 Å². The molecule has 5 heteroatoms. The van der Waals surface area contributed by atoms with E-state index >= 15 is 0 Å².